The van der Waals surface area contributed by atoms with Crippen molar-refractivity contribution in [2.45, 2.75) is 37.3 Å². The predicted octanol–water partition coefficient (Wildman–Crippen LogP) is 1.95. The van der Waals surface area contributed by atoms with Gasteiger partial charge in [-0.3, -0.25) is 0 Å². The van der Waals surface area contributed by atoms with Crippen LogP contribution in [0.15, 0.2) is 24.3 Å². The van der Waals surface area contributed by atoms with Crippen LogP contribution in [0, 0.1) is 0 Å². The van der Waals surface area contributed by atoms with Gasteiger partial charge in [-0.05, 0) is 37.3 Å². The summed E-state index contributed by atoms with van der Waals surface area (Å²) in [6.07, 6.45) is 4.95. The smallest absolute Gasteiger partial charge is 0.0617 e. The molecular formula is C15H22N2O. The fraction of sp³-hybridized carbons (Fsp3) is 0.600. The van der Waals surface area contributed by atoms with Gasteiger partial charge in [-0.2, -0.15) is 0 Å². The standard InChI is InChI=1S/C15H22N2O/c1-18-13-9-15(10-13,11-16)17-8-4-6-12-5-2-3-7-14(12)17/h2-3,5,7,13H,4,6,8-11,16H2,1H3. The summed E-state index contributed by atoms with van der Waals surface area (Å²) in [5.74, 6) is 0. The van der Waals surface area contributed by atoms with Crippen molar-refractivity contribution in [3.8, 4) is 0 Å². The number of rotatable bonds is 3. The van der Waals surface area contributed by atoms with Gasteiger partial charge in [0.25, 0.3) is 0 Å². The van der Waals surface area contributed by atoms with Crippen LogP contribution >= 0.6 is 0 Å². The van der Waals surface area contributed by atoms with Crippen molar-refractivity contribution in [2.75, 3.05) is 25.1 Å². The zero-order chi connectivity index (χ0) is 12.6. The van der Waals surface area contributed by atoms with Gasteiger partial charge in [-0.1, -0.05) is 18.2 Å². The van der Waals surface area contributed by atoms with Crippen LogP contribution in [-0.4, -0.2) is 31.8 Å². The second-order valence-corrected chi connectivity index (χ2v) is 5.58. The lowest BCUT2D eigenvalue weighted by Gasteiger charge is -2.55. The molecule has 0 bridgehead atoms. The molecule has 0 aromatic heterocycles. The third-order valence-electron chi connectivity index (χ3n) is 4.61. The summed E-state index contributed by atoms with van der Waals surface area (Å²) in [6.45, 7) is 1.85. The summed E-state index contributed by atoms with van der Waals surface area (Å²) in [6, 6.07) is 8.76. The Balaban J connectivity index is 1.89. The highest BCUT2D eigenvalue weighted by atomic mass is 16.5. The number of aryl methyl sites for hydroxylation is 1. The lowest BCUT2D eigenvalue weighted by atomic mass is 9.71. The molecular weight excluding hydrogens is 224 g/mol. The first-order valence-corrected chi connectivity index (χ1v) is 6.87. The molecule has 1 aromatic carbocycles. The topological polar surface area (TPSA) is 38.5 Å². The number of hydrogen-bond donors (Lipinski definition) is 1. The van der Waals surface area contributed by atoms with E-state index in [-0.39, 0.29) is 5.54 Å². The van der Waals surface area contributed by atoms with E-state index in [1.54, 1.807) is 7.11 Å². The molecule has 18 heavy (non-hydrogen) atoms. The van der Waals surface area contributed by atoms with E-state index in [1.165, 1.54) is 24.1 Å². The summed E-state index contributed by atoms with van der Waals surface area (Å²) in [7, 11) is 1.80. The molecule has 0 unspecified atom stereocenters. The molecule has 1 aromatic rings. The fourth-order valence-corrected chi connectivity index (χ4v) is 3.48. The highest BCUT2D eigenvalue weighted by molar-refractivity contribution is 5.58. The maximum absolute atomic E-state index is 6.08. The van der Waals surface area contributed by atoms with Crippen molar-refractivity contribution in [2.24, 2.45) is 5.73 Å². The molecule has 2 N–H and O–H groups in total. The predicted molar refractivity (Wildman–Crippen MR) is 73.9 cm³/mol. The number of nitrogens with two attached hydrogens (primary N) is 1. The summed E-state index contributed by atoms with van der Waals surface area (Å²) in [5.41, 5.74) is 9.07. The average molecular weight is 246 g/mol. The molecule has 1 heterocycles. The Bertz CT molecular complexity index is 426. The van der Waals surface area contributed by atoms with Crippen LogP contribution in [0.2, 0.25) is 0 Å². The molecule has 2 aliphatic rings. The monoisotopic (exact) mass is 246 g/mol. The van der Waals surface area contributed by atoms with Crippen LogP contribution < -0.4 is 10.6 Å². The lowest BCUT2D eigenvalue weighted by Crippen LogP contribution is -2.65. The van der Waals surface area contributed by atoms with E-state index >= 15 is 0 Å². The van der Waals surface area contributed by atoms with Gasteiger partial charge in [0, 0.05) is 25.9 Å². The normalized spacial score (nSPS) is 30.8. The molecule has 1 fully saturated rings. The molecule has 0 atom stereocenters. The molecule has 3 nitrogen and oxygen atoms in total. The number of methoxy groups -OCH3 is 1. The number of benzene rings is 1. The minimum absolute atomic E-state index is 0.136. The third-order valence-corrected chi connectivity index (χ3v) is 4.61. The Morgan fingerprint density at radius 1 is 1.39 bits per heavy atom. The summed E-state index contributed by atoms with van der Waals surface area (Å²) >= 11 is 0. The van der Waals surface area contributed by atoms with Gasteiger partial charge in [-0.15, -0.1) is 0 Å². The molecule has 0 amide bonds. The van der Waals surface area contributed by atoms with Gasteiger partial charge in [-0.25, -0.2) is 0 Å². The van der Waals surface area contributed by atoms with Crippen molar-refractivity contribution in [1.82, 2.24) is 0 Å². The number of ether oxygens (including phenoxy) is 1. The minimum atomic E-state index is 0.136. The van der Waals surface area contributed by atoms with Crippen molar-refractivity contribution in [1.29, 1.82) is 0 Å². The summed E-state index contributed by atoms with van der Waals surface area (Å²) in [5, 5.41) is 0. The third kappa shape index (κ3) is 1.73. The average Bonchev–Trinajstić information content (AvgIpc) is 2.39. The Morgan fingerprint density at radius 2 is 2.17 bits per heavy atom. The first-order chi connectivity index (χ1) is 8.79. The van der Waals surface area contributed by atoms with E-state index in [1.807, 2.05) is 0 Å². The van der Waals surface area contributed by atoms with Crippen LogP contribution in [0.4, 0.5) is 5.69 Å². The zero-order valence-electron chi connectivity index (χ0n) is 11.1. The van der Waals surface area contributed by atoms with Crippen LogP contribution in [0.25, 0.3) is 0 Å². The quantitative estimate of drug-likeness (QED) is 0.886. The van der Waals surface area contributed by atoms with Gasteiger partial charge >= 0.3 is 0 Å². The van der Waals surface area contributed by atoms with Crippen molar-refractivity contribution >= 4 is 5.69 Å². The Kier molecular flexibility index (Phi) is 3.04. The van der Waals surface area contributed by atoms with Crippen LogP contribution in [0.5, 0.6) is 0 Å². The zero-order valence-corrected chi connectivity index (χ0v) is 11.1. The van der Waals surface area contributed by atoms with Gasteiger partial charge in [0.15, 0.2) is 0 Å². The molecule has 0 radical (unpaired) electrons. The van der Waals surface area contributed by atoms with Gasteiger partial charge in [0.2, 0.25) is 0 Å². The summed E-state index contributed by atoms with van der Waals surface area (Å²) < 4.78 is 5.44. The van der Waals surface area contributed by atoms with E-state index < -0.39 is 0 Å². The molecule has 0 saturated heterocycles. The second-order valence-electron chi connectivity index (χ2n) is 5.58. The largest absolute Gasteiger partial charge is 0.381 e. The van der Waals surface area contributed by atoms with E-state index in [9.17, 15) is 0 Å². The molecule has 98 valence electrons. The maximum atomic E-state index is 6.08. The number of nitrogens with zero attached hydrogens (tertiary/aromatic N) is 1. The molecule has 0 spiro atoms. The van der Waals surface area contributed by atoms with Crippen LogP contribution in [-0.2, 0) is 11.2 Å². The van der Waals surface area contributed by atoms with Gasteiger partial charge < -0.3 is 15.4 Å². The van der Waals surface area contributed by atoms with Gasteiger partial charge in [0.05, 0.1) is 11.6 Å². The van der Waals surface area contributed by atoms with E-state index in [2.05, 4.69) is 29.2 Å². The molecule has 1 aliphatic heterocycles. The van der Waals surface area contributed by atoms with Crippen molar-refractivity contribution in [3.05, 3.63) is 29.8 Å². The SMILES string of the molecule is COC1CC(CN)(N2CCCc3ccccc32)C1. The first-order valence-electron chi connectivity index (χ1n) is 6.87. The van der Waals surface area contributed by atoms with E-state index in [0.29, 0.717) is 6.10 Å². The number of fused-ring (bicyclic) bond motifs is 1. The molecule has 3 heteroatoms. The highest BCUT2D eigenvalue weighted by Gasteiger charge is 2.48. The Hall–Kier alpha value is -1.06. The Labute approximate surface area is 109 Å². The van der Waals surface area contributed by atoms with Crippen molar-refractivity contribution in [3.63, 3.8) is 0 Å². The first kappa shape index (κ1) is 12.0. The summed E-state index contributed by atoms with van der Waals surface area (Å²) in [4.78, 5) is 2.54. The number of anilines is 1. The Morgan fingerprint density at radius 3 is 2.89 bits per heavy atom. The minimum Gasteiger partial charge on any atom is -0.381 e. The molecule has 3 rings (SSSR count). The van der Waals surface area contributed by atoms with Crippen molar-refractivity contribution < 1.29 is 4.74 Å². The van der Waals surface area contributed by atoms with Crippen LogP contribution in [0.3, 0.4) is 0 Å². The molecule has 1 aliphatic carbocycles. The number of para-hydroxylation sites is 1. The second kappa shape index (κ2) is 4.56. The van der Waals surface area contributed by atoms with E-state index in [0.717, 1.165) is 25.9 Å². The lowest BCUT2D eigenvalue weighted by molar-refractivity contribution is -0.0146. The highest BCUT2D eigenvalue weighted by Crippen LogP contribution is 2.43. The maximum Gasteiger partial charge on any atom is 0.0617 e. The van der Waals surface area contributed by atoms with Gasteiger partial charge in [0.1, 0.15) is 0 Å². The number of hydrogen-bond acceptors (Lipinski definition) is 3. The van der Waals surface area contributed by atoms with E-state index in [4.69, 9.17) is 10.5 Å². The fourth-order valence-electron chi connectivity index (χ4n) is 3.48. The van der Waals surface area contributed by atoms with Crippen LogP contribution in [0.1, 0.15) is 24.8 Å². The molecule has 1 saturated carbocycles.